The van der Waals surface area contributed by atoms with Crippen molar-refractivity contribution in [2.45, 2.75) is 39.3 Å². The van der Waals surface area contributed by atoms with Gasteiger partial charge < -0.3 is 21.5 Å². The summed E-state index contributed by atoms with van der Waals surface area (Å²) in [4.78, 5) is 16.3. The van der Waals surface area contributed by atoms with Crippen LogP contribution in [0.25, 0.3) is 0 Å². The fraction of sp³-hybridized carbons (Fsp3) is 0.636. The Morgan fingerprint density at radius 2 is 2.17 bits per heavy atom. The second-order valence-corrected chi connectivity index (χ2v) is 5.43. The lowest BCUT2D eigenvalue weighted by atomic mass is 10.3. The highest BCUT2D eigenvalue weighted by Gasteiger charge is 2.16. The number of hydrogen-bond donors (Lipinski definition) is 4. The number of aromatic nitrogens is 1. The molecule has 5 N–H and O–H groups in total. The number of amides is 1. The maximum Gasteiger partial charge on any atom is 0.265 e. The van der Waals surface area contributed by atoms with Gasteiger partial charge in [-0.15, -0.1) is 0 Å². The summed E-state index contributed by atoms with van der Waals surface area (Å²) < 4.78 is 0. The zero-order valence-electron chi connectivity index (χ0n) is 10.9. The molecule has 0 spiro atoms. The highest BCUT2D eigenvalue weighted by molar-refractivity contribution is 7.18. The Morgan fingerprint density at radius 1 is 1.50 bits per heavy atom. The van der Waals surface area contributed by atoms with Gasteiger partial charge in [0.15, 0.2) is 5.13 Å². The minimum absolute atomic E-state index is 0.234. The van der Waals surface area contributed by atoms with Gasteiger partial charge in [0.1, 0.15) is 10.7 Å². The molecule has 6 nitrogen and oxygen atoms in total. The molecule has 1 heterocycles. The fourth-order valence-electron chi connectivity index (χ4n) is 1.28. The summed E-state index contributed by atoms with van der Waals surface area (Å²) >= 11 is 1.23. The van der Waals surface area contributed by atoms with Crippen LogP contribution in [-0.4, -0.2) is 34.7 Å². The normalized spacial score (nSPS) is 12.5. The van der Waals surface area contributed by atoms with E-state index >= 15 is 0 Å². The van der Waals surface area contributed by atoms with E-state index in [-0.39, 0.29) is 17.8 Å². The lowest BCUT2D eigenvalue weighted by Crippen LogP contribution is -2.26. The van der Waals surface area contributed by atoms with E-state index in [4.69, 9.17) is 10.8 Å². The summed E-state index contributed by atoms with van der Waals surface area (Å²) in [6, 6.07) is 0.238. The molecule has 1 unspecified atom stereocenters. The van der Waals surface area contributed by atoms with E-state index in [0.29, 0.717) is 23.0 Å². The average Bonchev–Trinajstić information content (AvgIpc) is 2.57. The predicted molar refractivity (Wildman–Crippen MR) is 73.9 cm³/mol. The molecule has 0 saturated heterocycles. The monoisotopic (exact) mass is 272 g/mol. The van der Waals surface area contributed by atoms with E-state index in [1.165, 1.54) is 11.3 Å². The number of nitrogens with zero attached hydrogens (tertiary/aromatic N) is 1. The van der Waals surface area contributed by atoms with E-state index in [9.17, 15) is 4.79 Å². The molecule has 0 aliphatic carbocycles. The van der Waals surface area contributed by atoms with Crippen molar-refractivity contribution in [1.82, 2.24) is 10.3 Å². The van der Waals surface area contributed by atoms with Gasteiger partial charge in [0.2, 0.25) is 0 Å². The SMILES string of the molecule is CC(O)CCNC(=O)c1sc(NC(C)C)nc1N. The molecule has 18 heavy (non-hydrogen) atoms. The van der Waals surface area contributed by atoms with Crippen molar-refractivity contribution < 1.29 is 9.90 Å². The zero-order valence-corrected chi connectivity index (χ0v) is 11.7. The first-order valence-corrected chi connectivity index (χ1v) is 6.71. The van der Waals surface area contributed by atoms with Crippen LogP contribution in [0.4, 0.5) is 10.9 Å². The number of anilines is 2. The zero-order chi connectivity index (χ0) is 13.7. The molecule has 1 atom stereocenters. The standard InChI is InChI=1S/C11H20N4O2S/c1-6(2)14-11-15-9(12)8(18-11)10(17)13-5-4-7(3)16/h6-7,16H,4-5,12H2,1-3H3,(H,13,17)(H,14,15). The molecule has 0 radical (unpaired) electrons. The molecular weight excluding hydrogens is 252 g/mol. The molecule has 0 saturated carbocycles. The second-order valence-electron chi connectivity index (χ2n) is 4.43. The summed E-state index contributed by atoms with van der Waals surface area (Å²) in [7, 11) is 0. The van der Waals surface area contributed by atoms with Crippen LogP contribution in [0, 0.1) is 0 Å². The number of hydrogen-bond acceptors (Lipinski definition) is 6. The molecule has 102 valence electrons. The highest BCUT2D eigenvalue weighted by Crippen LogP contribution is 2.25. The third-order valence-electron chi connectivity index (χ3n) is 2.12. The van der Waals surface area contributed by atoms with E-state index in [1.54, 1.807) is 6.92 Å². The maximum atomic E-state index is 11.8. The minimum Gasteiger partial charge on any atom is -0.393 e. The molecule has 0 fully saturated rings. The number of thiazole rings is 1. The Bertz CT molecular complexity index is 404. The number of carbonyl (C=O) groups excluding carboxylic acids is 1. The Hall–Kier alpha value is -1.34. The Labute approximate surface area is 111 Å². The van der Waals surface area contributed by atoms with Crippen LogP contribution < -0.4 is 16.4 Å². The number of nitrogens with two attached hydrogens (primary N) is 1. The molecule has 0 aliphatic heterocycles. The van der Waals surface area contributed by atoms with Gasteiger partial charge in [0, 0.05) is 12.6 Å². The van der Waals surface area contributed by atoms with E-state index in [1.807, 2.05) is 13.8 Å². The summed E-state index contributed by atoms with van der Waals surface area (Å²) in [5, 5.41) is 15.5. The van der Waals surface area contributed by atoms with Gasteiger partial charge in [-0.3, -0.25) is 4.79 Å². The number of aliphatic hydroxyl groups excluding tert-OH is 1. The highest BCUT2D eigenvalue weighted by atomic mass is 32.1. The third kappa shape index (κ3) is 4.50. The van der Waals surface area contributed by atoms with Crippen molar-refractivity contribution in [3.8, 4) is 0 Å². The number of aliphatic hydroxyl groups is 1. The van der Waals surface area contributed by atoms with Crippen molar-refractivity contribution in [2.75, 3.05) is 17.6 Å². The fourth-order valence-corrected chi connectivity index (χ4v) is 2.23. The van der Waals surface area contributed by atoms with Crippen LogP contribution in [0.3, 0.4) is 0 Å². The quantitative estimate of drug-likeness (QED) is 0.620. The van der Waals surface area contributed by atoms with E-state index in [2.05, 4.69) is 15.6 Å². The molecule has 0 aliphatic rings. The first-order chi connectivity index (χ1) is 8.40. The van der Waals surface area contributed by atoms with Crippen LogP contribution in [0.15, 0.2) is 0 Å². The predicted octanol–water partition coefficient (Wildman–Crippen LogP) is 1.05. The van der Waals surface area contributed by atoms with Gasteiger partial charge in [-0.1, -0.05) is 11.3 Å². The van der Waals surface area contributed by atoms with Crippen molar-refractivity contribution in [2.24, 2.45) is 0 Å². The smallest absolute Gasteiger partial charge is 0.265 e. The van der Waals surface area contributed by atoms with Gasteiger partial charge >= 0.3 is 0 Å². The second kappa shape index (κ2) is 6.55. The minimum atomic E-state index is -0.428. The third-order valence-corrected chi connectivity index (χ3v) is 3.12. The largest absolute Gasteiger partial charge is 0.393 e. The molecule has 1 aromatic rings. The lowest BCUT2D eigenvalue weighted by Gasteiger charge is -2.05. The molecule has 1 amide bonds. The molecule has 7 heteroatoms. The van der Waals surface area contributed by atoms with Crippen molar-refractivity contribution in [1.29, 1.82) is 0 Å². The number of rotatable bonds is 6. The average molecular weight is 272 g/mol. The molecule has 0 bridgehead atoms. The number of nitrogen functional groups attached to an aromatic ring is 1. The summed E-state index contributed by atoms with van der Waals surface area (Å²) in [6.07, 6.45) is 0.0870. The first kappa shape index (κ1) is 14.7. The molecule has 0 aromatic carbocycles. The van der Waals surface area contributed by atoms with Crippen LogP contribution in [0.5, 0.6) is 0 Å². The Balaban J connectivity index is 2.59. The van der Waals surface area contributed by atoms with Crippen LogP contribution in [0.2, 0.25) is 0 Å². The molecular formula is C11H20N4O2S. The Kier molecular flexibility index (Phi) is 5.36. The number of carbonyl (C=O) groups is 1. The first-order valence-electron chi connectivity index (χ1n) is 5.89. The van der Waals surface area contributed by atoms with E-state index in [0.717, 1.165) is 0 Å². The van der Waals surface area contributed by atoms with Crippen molar-refractivity contribution in [3.63, 3.8) is 0 Å². The van der Waals surface area contributed by atoms with Crippen LogP contribution in [0.1, 0.15) is 36.9 Å². The Morgan fingerprint density at radius 3 is 2.72 bits per heavy atom. The number of nitrogens with one attached hydrogen (secondary N) is 2. The van der Waals surface area contributed by atoms with Gasteiger partial charge in [-0.2, -0.15) is 0 Å². The van der Waals surface area contributed by atoms with Crippen LogP contribution >= 0.6 is 11.3 Å². The van der Waals surface area contributed by atoms with E-state index < -0.39 is 6.10 Å². The lowest BCUT2D eigenvalue weighted by molar-refractivity contribution is 0.0950. The van der Waals surface area contributed by atoms with Crippen LogP contribution in [-0.2, 0) is 0 Å². The van der Waals surface area contributed by atoms with Gasteiger partial charge in [-0.25, -0.2) is 4.98 Å². The molecule has 1 rings (SSSR count). The topological polar surface area (TPSA) is 100 Å². The van der Waals surface area contributed by atoms with Gasteiger partial charge in [0.25, 0.3) is 5.91 Å². The van der Waals surface area contributed by atoms with Crippen molar-refractivity contribution >= 4 is 28.2 Å². The summed E-state index contributed by atoms with van der Waals surface area (Å²) in [5.41, 5.74) is 5.70. The maximum absolute atomic E-state index is 11.8. The van der Waals surface area contributed by atoms with Crippen molar-refractivity contribution in [3.05, 3.63) is 4.88 Å². The van der Waals surface area contributed by atoms with Gasteiger partial charge in [0.05, 0.1) is 6.10 Å². The summed E-state index contributed by atoms with van der Waals surface area (Å²) in [5.74, 6) is -0.0137. The van der Waals surface area contributed by atoms with Gasteiger partial charge in [-0.05, 0) is 27.2 Å². The molecule has 1 aromatic heterocycles. The summed E-state index contributed by atoms with van der Waals surface area (Å²) in [6.45, 7) is 6.07.